The lowest BCUT2D eigenvalue weighted by Gasteiger charge is -2.26. The summed E-state index contributed by atoms with van der Waals surface area (Å²) in [7, 11) is -3.98. The first kappa shape index (κ1) is 39.6. The fraction of sp³-hybridized carbons (Fsp3) is 0.452. The van der Waals surface area contributed by atoms with Crippen molar-refractivity contribution in [2.75, 3.05) is 59.2 Å². The van der Waals surface area contributed by atoms with Gasteiger partial charge in [0.1, 0.15) is 29.3 Å². The van der Waals surface area contributed by atoms with Crippen LogP contribution in [-0.2, 0) is 21.2 Å². The molecular formula is C31H41Cl3N6O7S. The second-order valence-corrected chi connectivity index (χ2v) is 14.0. The summed E-state index contributed by atoms with van der Waals surface area (Å²) in [6.07, 6.45) is 0.331. The molecule has 0 atom stereocenters. The van der Waals surface area contributed by atoms with Gasteiger partial charge in [-0.25, -0.2) is 18.1 Å². The lowest BCUT2D eigenvalue weighted by atomic mass is 10.1. The molecule has 17 heteroatoms. The van der Waals surface area contributed by atoms with Crippen molar-refractivity contribution in [3.8, 4) is 11.4 Å². The third kappa shape index (κ3) is 8.67. The van der Waals surface area contributed by atoms with Crippen molar-refractivity contribution in [3.63, 3.8) is 0 Å². The van der Waals surface area contributed by atoms with E-state index in [1.165, 1.54) is 16.8 Å². The molecule has 4 N–H and O–H groups in total. The molecule has 2 aromatic carbocycles. The van der Waals surface area contributed by atoms with Crippen LogP contribution < -0.4 is 10.3 Å². The highest BCUT2D eigenvalue weighted by atomic mass is 35.5. The number of hydrogen-bond acceptors (Lipinski definition) is 9. The van der Waals surface area contributed by atoms with Gasteiger partial charge in [0.2, 0.25) is 10.0 Å². The Kier molecular flexibility index (Phi) is 14.2. The molecule has 4 aromatic rings. The number of morpholine rings is 1. The van der Waals surface area contributed by atoms with Gasteiger partial charge in [0.25, 0.3) is 5.56 Å². The number of fused-ring (bicyclic) bond motifs is 1. The maximum Gasteiger partial charge on any atom is 0.262 e. The van der Waals surface area contributed by atoms with Gasteiger partial charge >= 0.3 is 0 Å². The van der Waals surface area contributed by atoms with E-state index in [0.29, 0.717) is 29.9 Å². The monoisotopic (exact) mass is 746 g/mol. The number of nitrogens with one attached hydrogen (secondary N) is 1. The number of ether oxygens (including phenoxy) is 2. The minimum atomic E-state index is -3.98. The molecule has 0 bridgehead atoms. The fourth-order valence-electron chi connectivity index (χ4n) is 5.36. The number of sulfonamides is 1. The number of aromatic nitrogens is 4. The van der Waals surface area contributed by atoms with Crippen molar-refractivity contribution < 1.29 is 28.5 Å². The number of halogens is 3. The van der Waals surface area contributed by atoms with E-state index in [-0.39, 0.29) is 75.3 Å². The van der Waals surface area contributed by atoms with E-state index in [9.17, 15) is 18.3 Å². The smallest absolute Gasteiger partial charge is 0.262 e. The first-order chi connectivity index (χ1) is 22.0. The molecule has 1 fully saturated rings. The van der Waals surface area contributed by atoms with Gasteiger partial charge in [-0.1, -0.05) is 56.1 Å². The summed E-state index contributed by atoms with van der Waals surface area (Å²) in [4.78, 5) is 23.3. The number of nitrogens with zero attached hydrogens (tertiary/aromatic N) is 5. The van der Waals surface area contributed by atoms with Crippen LogP contribution in [0.5, 0.6) is 5.75 Å². The largest absolute Gasteiger partial charge is 0.492 e. The highest BCUT2D eigenvalue weighted by molar-refractivity contribution is 7.89. The maximum absolute atomic E-state index is 13.4. The number of rotatable bonds is 13. The first-order valence-corrected chi connectivity index (χ1v) is 17.4. The number of aliphatic hydroxyl groups excluding tert-OH is 1. The summed E-state index contributed by atoms with van der Waals surface area (Å²) >= 11 is 13.4. The van der Waals surface area contributed by atoms with E-state index < -0.39 is 10.0 Å². The zero-order chi connectivity index (χ0) is 33.0. The molecule has 1 aliphatic heterocycles. The lowest BCUT2D eigenvalue weighted by Crippen LogP contribution is -2.38. The molecule has 3 heterocycles. The zero-order valence-corrected chi connectivity index (χ0v) is 30.1. The van der Waals surface area contributed by atoms with Crippen molar-refractivity contribution in [1.82, 2.24) is 29.0 Å². The van der Waals surface area contributed by atoms with Crippen LogP contribution >= 0.6 is 35.6 Å². The summed E-state index contributed by atoms with van der Waals surface area (Å²) in [5, 5.41) is 14.3. The number of hydrogen-bond donors (Lipinski definition) is 2. The average molecular weight is 748 g/mol. The van der Waals surface area contributed by atoms with Gasteiger partial charge in [-0.05, 0) is 35.7 Å². The van der Waals surface area contributed by atoms with Crippen LogP contribution in [0.3, 0.4) is 0 Å². The maximum atomic E-state index is 13.4. The molecule has 2 aromatic heterocycles. The highest BCUT2D eigenvalue weighted by Crippen LogP contribution is 2.35. The van der Waals surface area contributed by atoms with E-state index in [1.54, 1.807) is 6.92 Å². The Balaban J connectivity index is 0.00000312. The Morgan fingerprint density at radius 3 is 2.35 bits per heavy atom. The summed E-state index contributed by atoms with van der Waals surface area (Å²) < 4.78 is 40.3. The van der Waals surface area contributed by atoms with Crippen LogP contribution in [0.25, 0.3) is 16.7 Å². The highest BCUT2D eigenvalue weighted by Gasteiger charge is 2.27. The van der Waals surface area contributed by atoms with E-state index in [2.05, 4.69) is 15.0 Å². The van der Waals surface area contributed by atoms with Crippen LogP contribution in [0.4, 0.5) is 0 Å². The third-order valence-corrected chi connectivity index (χ3v) is 10.3. The Labute approximate surface area is 295 Å². The Hall–Kier alpha value is -2.79. The minimum absolute atomic E-state index is 0. The average Bonchev–Trinajstić information content (AvgIpc) is 3.41. The van der Waals surface area contributed by atoms with E-state index >= 15 is 0 Å². The molecule has 5 rings (SSSR count). The predicted molar refractivity (Wildman–Crippen MR) is 188 cm³/mol. The molecule has 1 saturated heterocycles. The van der Waals surface area contributed by atoms with Crippen molar-refractivity contribution in [2.45, 2.75) is 38.0 Å². The number of aromatic amines is 1. The van der Waals surface area contributed by atoms with Gasteiger partial charge < -0.3 is 25.0 Å². The number of likely N-dealkylation sites (N-methyl/N-ethyl adjacent to an activating group) is 1. The van der Waals surface area contributed by atoms with Crippen molar-refractivity contribution >= 4 is 56.7 Å². The molecule has 0 aliphatic carbocycles. The standard InChI is InChI=1S/C31H38Cl2N6O6S.ClH.H2O/c1-4-38(9-13-40)46(42,43)23-18-24(32)29(25(33)19-23)39-30-27(28(36-39)20(2)3)31(41)35-26(34-30)17-21-5-7-22(8-6-21)45-16-12-37-10-14-44-15-11-37;;/h5-8,18-20,40H,4,9-17H2,1-3H3,(H,34,35,41);1H;1H2. The lowest BCUT2D eigenvalue weighted by molar-refractivity contribution is 0.0322. The quantitative estimate of drug-likeness (QED) is 0.208. The summed E-state index contributed by atoms with van der Waals surface area (Å²) in [5.74, 6) is 1.02. The molecule has 48 heavy (non-hydrogen) atoms. The molecule has 264 valence electrons. The molecule has 0 spiro atoms. The normalized spacial score (nSPS) is 13.9. The molecule has 1 aliphatic rings. The number of benzene rings is 2. The summed E-state index contributed by atoms with van der Waals surface area (Å²) in [6, 6.07) is 10.2. The Morgan fingerprint density at radius 1 is 1.12 bits per heavy atom. The predicted octanol–water partition coefficient (Wildman–Crippen LogP) is 3.44. The summed E-state index contributed by atoms with van der Waals surface area (Å²) in [5.41, 5.74) is 1.50. The van der Waals surface area contributed by atoms with Gasteiger partial charge in [-0.2, -0.15) is 9.40 Å². The number of H-pyrrole nitrogens is 1. The second kappa shape index (κ2) is 17.2. The number of aliphatic hydroxyl groups is 1. The molecule has 0 saturated carbocycles. The summed E-state index contributed by atoms with van der Waals surface area (Å²) in [6.45, 7) is 9.94. The van der Waals surface area contributed by atoms with Gasteiger partial charge in [-0.3, -0.25) is 9.69 Å². The van der Waals surface area contributed by atoms with E-state index in [1.807, 2.05) is 38.1 Å². The van der Waals surface area contributed by atoms with Crippen molar-refractivity contribution in [2.24, 2.45) is 0 Å². The minimum Gasteiger partial charge on any atom is -0.492 e. The fourth-order valence-corrected chi connectivity index (χ4v) is 7.63. The second-order valence-electron chi connectivity index (χ2n) is 11.2. The Bertz CT molecular complexity index is 1820. The van der Waals surface area contributed by atoms with E-state index in [4.69, 9.17) is 37.7 Å². The first-order valence-electron chi connectivity index (χ1n) is 15.2. The molecular weight excluding hydrogens is 707 g/mol. The van der Waals surface area contributed by atoms with Crippen LogP contribution in [0, 0.1) is 0 Å². The molecule has 13 nitrogen and oxygen atoms in total. The zero-order valence-electron chi connectivity index (χ0n) is 26.9. The van der Waals surface area contributed by atoms with Gasteiger partial charge in [-0.15, -0.1) is 12.4 Å². The van der Waals surface area contributed by atoms with Gasteiger partial charge in [0.15, 0.2) is 5.65 Å². The van der Waals surface area contributed by atoms with Crippen molar-refractivity contribution in [3.05, 3.63) is 73.9 Å². The molecule has 0 amide bonds. The third-order valence-electron chi connectivity index (χ3n) is 7.78. The SMILES string of the molecule is CCN(CCO)S(=O)(=O)c1cc(Cl)c(-n2nc(C(C)C)c3c(=O)[nH]c(Cc4ccc(OCCN5CCOCC5)cc4)nc32)c(Cl)c1.Cl.O. The van der Waals surface area contributed by atoms with Crippen LogP contribution in [0.2, 0.25) is 10.0 Å². The molecule has 0 radical (unpaired) electrons. The van der Waals surface area contributed by atoms with Crippen LogP contribution in [-0.4, -0.2) is 107 Å². The van der Waals surface area contributed by atoms with Gasteiger partial charge in [0.05, 0.1) is 40.5 Å². The van der Waals surface area contributed by atoms with Crippen LogP contribution in [0.1, 0.15) is 43.8 Å². The van der Waals surface area contributed by atoms with E-state index in [0.717, 1.165) is 48.5 Å². The van der Waals surface area contributed by atoms with Crippen LogP contribution in [0.15, 0.2) is 46.1 Å². The molecule has 0 unspecified atom stereocenters. The van der Waals surface area contributed by atoms with Crippen molar-refractivity contribution in [1.29, 1.82) is 0 Å². The Morgan fingerprint density at radius 2 is 1.77 bits per heavy atom. The van der Waals surface area contributed by atoms with Gasteiger partial charge in [0, 0.05) is 39.1 Å². The topological polar surface area (TPSA) is 174 Å².